The van der Waals surface area contributed by atoms with Crippen LogP contribution in [0.3, 0.4) is 0 Å². The van der Waals surface area contributed by atoms with Gasteiger partial charge in [0.15, 0.2) is 0 Å². The molecular formula is C14H19ClN2O2. The third-order valence-corrected chi connectivity index (χ3v) is 3.05. The molecule has 0 aliphatic heterocycles. The van der Waals surface area contributed by atoms with Crippen molar-refractivity contribution in [2.75, 3.05) is 13.1 Å². The summed E-state index contributed by atoms with van der Waals surface area (Å²) in [7, 11) is 0. The minimum Gasteiger partial charge on any atom is -0.368 e. The largest absolute Gasteiger partial charge is 0.368 e. The minimum absolute atomic E-state index is 0.0517. The number of carbonyl (C=O) groups excluding carboxylic acids is 2. The number of unbranched alkanes of at least 4 members (excludes halogenated alkanes) is 1. The normalized spacial score (nSPS) is 10.2. The first-order valence-electron chi connectivity index (χ1n) is 6.31. The van der Waals surface area contributed by atoms with Gasteiger partial charge >= 0.3 is 0 Å². The van der Waals surface area contributed by atoms with Crippen LogP contribution >= 0.6 is 11.6 Å². The van der Waals surface area contributed by atoms with E-state index in [1.807, 2.05) is 13.0 Å². The van der Waals surface area contributed by atoms with Crippen LogP contribution in [0.15, 0.2) is 24.3 Å². The maximum atomic E-state index is 12.3. The number of alkyl halides is 1. The van der Waals surface area contributed by atoms with E-state index in [0.717, 1.165) is 18.4 Å². The lowest BCUT2D eigenvalue weighted by molar-refractivity contribution is -0.118. The summed E-state index contributed by atoms with van der Waals surface area (Å²) in [5.41, 5.74) is 6.60. The Morgan fingerprint density at radius 2 is 2.11 bits per heavy atom. The fourth-order valence-corrected chi connectivity index (χ4v) is 1.93. The Balaban J connectivity index is 2.87. The van der Waals surface area contributed by atoms with Gasteiger partial charge in [0.1, 0.15) is 0 Å². The Morgan fingerprint density at radius 3 is 2.68 bits per heavy atom. The van der Waals surface area contributed by atoms with E-state index in [1.165, 1.54) is 4.90 Å². The monoisotopic (exact) mass is 282 g/mol. The zero-order valence-electron chi connectivity index (χ0n) is 11.1. The molecule has 0 bridgehead atoms. The van der Waals surface area contributed by atoms with Crippen LogP contribution in [0.4, 0.5) is 0 Å². The quantitative estimate of drug-likeness (QED) is 0.779. The number of hydrogen-bond donors (Lipinski definition) is 1. The highest BCUT2D eigenvalue weighted by atomic mass is 35.5. The standard InChI is InChI=1S/C14H19ClN2O2/c1-2-3-7-17(10-13(16)18)14(19)12-6-4-5-11(8-12)9-15/h4-6,8H,2-3,7,9-10H2,1H3,(H2,16,18). The summed E-state index contributed by atoms with van der Waals surface area (Å²) < 4.78 is 0. The van der Waals surface area contributed by atoms with Gasteiger partial charge in [0.2, 0.25) is 5.91 Å². The van der Waals surface area contributed by atoms with E-state index in [9.17, 15) is 9.59 Å². The predicted molar refractivity (Wildman–Crippen MR) is 76.0 cm³/mol. The summed E-state index contributed by atoms with van der Waals surface area (Å²) in [6.07, 6.45) is 1.79. The number of halogens is 1. The topological polar surface area (TPSA) is 63.4 Å². The summed E-state index contributed by atoms with van der Waals surface area (Å²) in [6, 6.07) is 7.11. The number of amides is 2. The number of hydrogen-bond acceptors (Lipinski definition) is 2. The number of carbonyl (C=O) groups is 2. The molecule has 2 N–H and O–H groups in total. The van der Waals surface area contributed by atoms with Gasteiger partial charge in [-0.05, 0) is 24.1 Å². The molecule has 0 saturated carbocycles. The van der Waals surface area contributed by atoms with E-state index in [2.05, 4.69) is 0 Å². The summed E-state index contributed by atoms with van der Waals surface area (Å²) in [6.45, 7) is 2.51. The van der Waals surface area contributed by atoms with Crippen molar-refractivity contribution < 1.29 is 9.59 Å². The third kappa shape index (κ3) is 4.91. The Labute approximate surface area is 118 Å². The van der Waals surface area contributed by atoms with Crippen molar-refractivity contribution in [3.05, 3.63) is 35.4 Å². The van der Waals surface area contributed by atoms with Gasteiger partial charge in [-0.15, -0.1) is 11.6 Å². The molecule has 0 unspecified atom stereocenters. The van der Waals surface area contributed by atoms with Crippen molar-refractivity contribution in [2.45, 2.75) is 25.6 Å². The van der Waals surface area contributed by atoms with Gasteiger partial charge in [-0.1, -0.05) is 25.5 Å². The molecule has 0 radical (unpaired) electrons. The summed E-state index contributed by atoms with van der Waals surface area (Å²) in [5.74, 6) is -0.330. The van der Waals surface area contributed by atoms with Crippen LogP contribution in [-0.2, 0) is 10.7 Å². The SMILES string of the molecule is CCCCN(CC(N)=O)C(=O)c1cccc(CCl)c1. The predicted octanol–water partition coefficient (Wildman–Crippen LogP) is 2.15. The number of nitrogens with two attached hydrogens (primary N) is 1. The lowest BCUT2D eigenvalue weighted by Crippen LogP contribution is -2.39. The van der Waals surface area contributed by atoms with Gasteiger partial charge in [-0.25, -0.2) is 0 Å². The lowest BCUT2D eigenvalue weighted by Gasteiger charge is -2.21. The first-order chi connectivity index (χ1) is 9.08. The summed E-state index contributed by atoms with van der Waals surface area (Å²) in [4.78, 5) is 24.9. The van der Waals surface area contributed by atoms with Crippen molar-refractivity contribution in [1.82, 2.24) is 4.90 Å². The van der Waals surface area contributed by atoms with Gasteiger partial charge < -0.3 is 10.6 Å². The van der Waals surface area contributed by atoms with Crippen molar-refractivity contribution in [1.29, 1.82) is 0 Å². The summed E-state index contributed by atoms with van der Waals surface area (Å²) in [5, 5.41) is 0. The summed E-state index contributed by atoms with van der Waals surface area (Å²) >= 11 is 5.75. The van der Waals surface area contributed by atoms with Crippen molar-refractivity contribution in [3.8, 4) is 0 Å². The second-order valence-corrected chi connectivity index (χ2v) is 4.65. The molecule has 104 valence electrons. The number of nitrogens with zero attached hydrogens (tertiary/aromatic N) is 1. The first kappa shape index (κ1) is 15.5. The van der Waals surface area contributed by atoms with E-state index < -0.39 is 5.91 Å². The van der Waals surface area contributed by atoms with E-state index in [4.69, 9.17) is 17.3 Å². The van der Waals surface area contributed by atoms with Crippen LogP contribution in [0.25, 0.3) is 0 Å². The van der Waals surface area contributed by atoms with Crippen molar-refractivity contribution in [3.63, 3.8) is 0 Å². The van der Waals surface area contributed by atoms with E-state index in [0.29, 0.717) is 18.0 Å². The van der Waals surface area contributed by atoms with E-state index in [-0.39, 0.29) is 12.5 Å². The maximum absolute atomic E-state index is 12.3. The minimum atomic E-state index is -0.502. The number of primary amides is 1. The maximum Gasteiger partial charge on any atom is 0.254 e. The van der Waals surface area contributed by atoms with Crippen LogP contribution in [0, 0.1) is 0 Å². The average Bonchev–Trinajstić information content (AvgIpc) is 2.42. The zero-order chi connectivity index (χ0) is 14.3. The molecule has 1 aromatic rings. The molecule has 4 nitrogen and oxygen atoms in total. The molecule has 0 aromatic heterocycles. The fraction of sp³-hybridized carbons (Fsp3) is 0.429. The van der Waals surface area contributed by atoms with Crippen LogP contribution in [-0.4, -0.2) is 29.8 Å². The highest BCUT2D eigenvalue weighted by Crippen LogP contribution is 2.11. The molecule has 1 rings (SSSR count). The second-order valence-electron chi connectivity index (χ2n) is 4.38. The molecule has 5 heteroatoms. The molecule has 0 fully saturated rings. The van der Waals surface area contributed by atoms with Gasteiger partial charge in [0.05, 0.1) is 6.54 Å². The van der Waals surface area contributed by atoms with Gasteiger partial charge in [-0.2, -0.15) is 0 Å². The smallest absolute Gasteiger partial charge is 0.254 e. The molecule has 19 heavy (non-hydrogen) atoms. The molecule has 0 heterocycles. The molecular weight excluding hydrogens is 264 g/mol. The van der Waals surface area contributed by atoms with Crippen LogP contribution < -0.4 is 5.73 Å². The van der Waals surface area contributed by atoms with Crippen LogP contribution in [0.2, 0.25) is 0 Å². The van der Waals surface area contributed by atoms with Crippen LogP contribution in [0.5, 0.6) is 0 Å². The highest BCUT2D eigenvalue weighted by molar-refractivity contribution is 6.17. The fourth-order valence-electron chi connectivity index (χ4n) is 1.76. The first-order valence-corrected chi connectivity index (χ1v) is 6.84. The van der Waals surface area contributed by atoms with Crippen LogP contribution in [0.1, 0.15) is 35.7 Å². The van der Waals surface area contributed by atoms with E-state index in [1.54, 1.807) is 18.2 Å². The third-order valence-electron chi connectivity index (χ3n) is 2.74. The Hall–Kier alpha value is -1.55. The highest BCUT2D eigenvalue weighted by Gasteiger charge is 2.17. The molecule has 0 aliphatic carbocycles. The van der Waals surface area contributed by atoms with Crippen molar-refractivity contribution in [2.24, 2.45) is 5.73 Å². The molecule has 0 aliphatic rings. The zero-order valence-corrected chi connectivity index (χ0v) is 11.8. The van der Waals surface area contributed by atoms with Crippen molar-refractivity contribution >= 4 is 23.4 Å². The number of rotatable bonds is 7. The second kappa shape index (κ2) is 7.79. The molecule has 2 amide bonds. The number of benzene rings is 1. The molecule has 1 aromatic carbocycles. The van der Waals surface area contributed by atoms with Gasteiger partial charge in [-0.3, -0.25) is 9.59 Å². The Kier molecular flexibility index (Phi) is 6.36. The molecule has 0 spiro atoms. The molecule has 0 saturated heterocycles. The van der Waals surface area contributed by atoms with Gasteiger partial charge in [0.25, 0.3) is 5.91 Å². The lowest BCUT2D eigenvalue weighted by atomic mass is 10.1. The molecule has 0 atom stereocenters. The average molecular weight is 283 g/mol. The van der Waals surface area contributed by atoms with E-state index >= 15 is 0 Å². The van der Waals surface area contributed by atoms with Gasteiger partial charge in [0, 0.05) is 18.0 Å². The Morgan fingerprint density at radius 1 is 1.37 bits per heavy atom. The Bertz CT molecular complexity index is 449.